The molecule has 0 unspecified atom stereocenters. The van der Waals surface area contributed by atoms with Gasteiger partial charge in [0.25, 0.3) is 0 Å². The summed E-state index contributed by atoms with van der Waals surface area (Å²) in [6.07, 6.45) is 4.42. The van der Waals surface area contributed by atoms with Crippen LogP contribution in [0.4, 0.5) is 0 Å². The van der Waals surface area contributed by atoms with E-state index in [9.17, 15) is 0 Å². The van der Waals surface area contributed by atoms with Gasteiger partial charge in [-0.25, -0.2) is 0 Å². The third kappa shape index (κ3) is 1.000. The van der Waals surface area contributed by atoms with E-state index in [2.05, 4.69) is 41.5 Å². The molecule has 0 fully saturated rings. The fraction of sp³-hybridized carbons (Fsp3) is 0.143. The van der Waals surface area contributed by atoms with Crippen molar-refractivity contribution in [2.45, 2.75) is 12.8 Å². The summed E-state index contributed by atoms with van der Waals surface area (Å²) >= 11 is 1.92. The van der Waals surface area contributed by atoms with Gasteiger partial charge < -0.3 is 4.98 Å². The maximum atomic E-state index is 3.39. The zero-order valence-corrected chi connectivity index (χ0v) is 9.60. The van der Waals surface area contributed by atoms with Gasteiger partial charge in [0.15, 0.2) is 0 Å². The number of fused-ring (bicyclic) bond motifs is 5. The molecule has 0 bridgehead atoms. The van der Waals surface area contributed by atoms with E-state index in [4.69, 9.17) is 0 Å². The second-order valence-corrected chi connectivity index (χ2v) is 5.34. The van der Waals surface area contributed by atoms with Gasteiger partial charge in [0.2, 0.25) is 0 Å². The van der Waals surface area contributed by atoms with Crippen LogP contribution in [0.1, 0.15) is 11.1 Å². The Kier molecular flexibility index (Phi) is 1.60. The number of hydrogen-bond donors (Lipinski definition) is 1. The molecule has 0 radical (unpaired) electrons. The predicted octanol–water partition coefficient (Wildman–Crippen LogP) is 4.00. The first kappa shape index (κ1) is 8.59. The molecule has 0 spiro atoms. The largest absolute Gasteiger partial charge is 0.360 e. The van der Waals surface area contributed by atoms with Crippen molar-refractivity contribution in [3.63, 3.8) is 0 Å². The molecule has 2 aromatic heterocycles. The summed E-state index contributed by atoms with van der Waals surface area (Å²) in [5.41, 5.74) is 4.36. The minimum absolute atomic E-state index is 1.17. The van der Waals surface area contributed by atoms with Gasteiger partial charge in [-0.2, -0.15) is 0 Å². The molecule has 1 N–H and O–H groups in total. The molecule has 1 aromatic carbocycles. The summed E-state index contributed by atoms with van der Waals surface area (Å²) in [5, 5.41) is 1.45. The van der Waals surface area contributed by atoms with Crippen molar-refractivity contribution in [3.8, 4) is 10.6 Å². The smallest absolute Gasteiger partial charge is 0.0591 e. The van der Waals surface area contributed by atoms with Crippen LogP contribution in [0.5, 0.6) is 0 Å². The van der Waals surface area contributed by atoms with Crippen molar-refractivity contribution in [3.05, 3.63) is 47.7 Å². The number of hydrogen-bond acceptors (Lipinski definition) is 1. The van der Waals surface area contributed by atoms with E-state index in [1.54, 1.807) is 0 Å². The Balaban J connectivity index is 2.13. The van der Waals surface area contributed by atoms with E-state index in [0.717, 1.165) is 0 Å². The van der Waals surface area contributed by atoms with Gasteiger partial charge in [-0.3, -0.25) is 0 Å². The average molecular weight is 225 g/mol. The first-order valence-corrected chi connectivity index (χ1v) is 6.42. The van der Waals surface area contributed by atoms with Crippen LogP contribution in [-0.4, -0.2) is 4.98 Å². The van der Waals surface area contributed by atoms with Crippen LogP contribution in [0.25, 0.3) is 20.7 Å². The van der Waals surface area contributed by atoms with E-state index in [0.29, 0.717) is 0 Å². The summed E-state index contributed by atoms with van der Waals surface area (Å²) in [6.45, 7) is 0. The highest BCUT2D eigenvalue weighted by molar-refractivity contribution is 7.22. The van der Waals surface area contributed by atoms with Crippen molar-refractivity contribution < 1.29 is 0 Å². The van der Waals surface area contributed by atoms with Gasteiger partial charge in [-0.15, -0.1) is 11.3 Å². The van der Waals surface area contributed by atoms with Gasteiger partial charge in [0.1, 0.15) is 0 Å². The van der Waals surface area contributed by atoms with Gasteiger partial charge in [-0.1, -0.05) is 18.2 Å². The lowest BCUT2D eigenvalue weighted by molar-refractivity contribution is 0.958. The first-order valence-electron chi connectivity index (χ1n) is 5.60. The van der Waals surface area contributed by atoms with Crippen LogP contribution in [0.3, 0.4) is 0 Å². The van der Waals surface area contributed by atoms with Gasteiger partial charge in [0.05, 0.1) is 10.6 Å². The summed E-state index contributed by atoms with van der Waals surface area (Å²) < 4.78 is 1.41. The molecule has 1 aliphatic carbocycles. The molecule has 1 aliphatic rings. The Hall–Kier alpha value is -1.54. The van der Waals surface area contributed by atoms with Crippen molar-refractivity contribution in [1.82, 2.24) is 4.98 Å². The van der Waals surface area contributed by atoms with Crippen LogP contribution in [0.15, 0.2) is 36.5 Å². The normalized spacial score (nSPS) is 13.8. The molecular formula is C14H11NS. The molecule has 16 heavy (non-hydrogen) atoms. The lowest BCUT2D eigenvalue weighted by Crippen LogP contribution is -1.99. The number of nitrogens with one attached hydrogen (secondary N) is 1. The molecule has 2 heterocycles. The fourth-order valence-corrected chi connectivity index (χ4v) is 3.92. The van der Waals surface area contributed by atoms with Crippen LogP contribution in [-0.2, 0) is 12.8 Å². The van der Waals surface area contributed by atoms with E-state index >= 15 is 0 Å². The van der Waals surface area contributed by atoms with E-state index in [1.165, 1.54) is 44.6 Å². The SMILES string of the molecule is c1ccc2c3c(sc2c1)-c1[nH]ccc1CC3. The maximum absolute atomic E-state index is 3.39. The van der Waals surface area contributed by atoms with Crippen molar-refractivity contribution in [1.29, 1.82) is 0 Å². The summed E-state index contributed by atoms with van der Waals surface area (Å²) in [6, 6.07) is 10.9. The fourth-order valence-electron chi connectivity index (χ4n) is 2.63. The Morgan fingerprint density at radius 3 is 3.00 bits per heavy atom. The summed E-state index contributed by atoms with van der Waals surface area (Å²) in [5.74, 6) is 0. The monoisotopic (exact) mass is 225 g/mol. The molecule has 78 valence electrons. The standard InChI is InChI=1S/C14H11NS/c1-2-4-12-10(3-1)11-6-5-9-7-8-15-13(9)14(11)16-12/h1-4,7-8,15H,5-6H2. The molecule has 0 atom stereocenters. The maximum Gasteiger partial charge on any atom is 0.0591 e. The number of thiophene rings is 1. The Morgan fingerprint density at radius 1 is 1.06 bits per heavy atom. The van der Waals surface area contributed by atoms with E-state index < -0.39 is 0 Å². The molecule has 2 heteroatoms. The zero-order chi connectivity index (χ0) is 10.5. The minimum atomic E-state index is 1.17. The number of rotatable bonds is 0. The minimum Gasteiger partial charge on any atom is -0.360 e. The Labute approximate surface area is 97.7 Å². The van der Waals surface area contributed by atoms with Crippen LogP contribution < -0.4 is 0 Å². The topological polar surface area (TPSA) is 15.8 Å². The van der Waals surface area contributed by atoms with Crippen LogP contribution in [0.2, 0.25) is 0 Å². The van der Waals surface area contributed by atoms with Gasteiger partial charge in [-0.05, 0) is 41.5 Å². The second-order valence-electron chi connectivity index (χ2n) is 4.28. The van der Waals surface area contributed by atoms with E-state index in [-0.39, 0.29) is 0 Å². The third-order valence-corrected chi connectivity index (χ3v) is 4.63. The van der Waals surface area contributed by atoms with Gasteiger partial charge in [0, 0.05) is 10.9 Å². The van der Waals surface area contributed by atoms with Gasteiger partial charge >= 0.3 is 0 Å². The van der Waals surface area contributed by atoms with Crippen molar-refractivity contribution >= 4 is 21.4 Å². The number of aryl methyl sites for hydroxylation is 2. The molecule has 3 aromatic rings. The van der Waals surface area contributed by atoms with Crippen molar-refractivity contribution in [2.75, 3.05) is 0 Å². The number of benzene rings is 1. The lowest BCUT2D eigenvalue weighted by atomic mass is 9.95. The third-order valence-electron chi connectivity index (χ3n) is 3.40. The quantitative estimate of drug-likeness (QED) is 0.595. The Bertz CT molecular complexity index is 675. The second kappa shape index (κ2) is 2.98. The lowest BCUT2D eigenvalue weighted by Gasteiger charge is -2.11. The van der Waals surface area contributed by atoms with E-state index in [1.807, 2.05) is 11.3 Å². The molecule has 0 amide bonds. The summed E-state index contributed by atoms with van der Waals surface area (Å²) in [7, 11) is 0. The van der Waals surface area contributed by atoms with Crippen LogP contribution >= 0.6 is 11.3 Å². The van der Waals surface area contributed by atoms with Crippen molar-refractivity contribution in [2.24, 2.45) is 0 Å². The highest BCUT2D eigenvalue weighted by Crippen LogP contribution is 2.42. The zero-order valence-electron chi connectivity index (χ0n) is 8.79. The Morgan fingerprint density at radius 2 is 2.00 bits per heavy atom. The number of aromatic amines is 1. The first-order chi connectivity index (χ1) is 7.93. The molecule has 1 nitrogen and oxygen atoms in total. The highest BCUT2D eigenvalue weighted by Gasteiger charge is 2.21. The molecule has 0 saturated carbocycles. The molecule has 4 rings (SSSR count). The average Bonchev–Trinajstić information content (AvgIpc) is 2.92. The predicted molar refractivity (Wildman–Crippen MR) is 69.0 cm³/mol. The number of aromatic nitrogens is 1. The number of H-pyrrole nitrogens is 1. The van der Waals surface area contributed by atoms with Crippen LogP contribution in [0, 0.1) is 0 Å². The molecular weight excluding hydrogens is 214 g/mol. The highest BCUT2D eigenvalue weighted by atomic mass is 32.1. The summed E-state index contributed by atoms with van der Waals surface area (Å²) in [4.78, 5) is 4.84. The molecule has 0 saturated heterocycles. The molecule has 0 aliphatic heterocycles.